The summed E-state index contributed by atoms with van der Waals surface area (Å²) >= 11 is 0. The molecule has 0 bridgehead atoms. The van der Waals surface area contributed by atoms with Gasteiger partial charge in [0.2, 0.25) is 0 Å². The molecule has 0 spiro atoms. The van der Waals surface area contributed by atoms with Crippen molar-refractivity contribution in [2.75, 3.05) is 13.2 Å². The van der Waals surface area contributed by atoms with Crippen LogP contribution in [0.1, 0.15) is 26.7 Å². The van der Waals surface area contributed by atoms with Gasteiger partial charge in [-0.25, -0.2) is 0 Å². The zero-order valence-corrected chi connectivity index (χ0v) is 8.40. The van der Waals surface area contributed by atoms with E-state index < -0.39 is 0 Å². The Morgan fingerprint density at radius 2 is 2.27 bits per heavy atom. The highest BCUT2D eigenvalue weighted by molar-refractivity contribution is 7.49. The zero-order chi connectivity index (χ0) is 8.06. The van der Waals surface area contributed by atoms with E-state index in [2.05, 4.69) is 25.2 Å². The first kappa shape index (κ1) is 7.97. The molecule has 11 heavy (non-hydrogen) atoms. The van der Waals surface area contributed by atoms with Crippen molar-refractivity contribution in [1.29, 1.82) is 0 Å². The van der Waals surface area contributed by atoms with Crippen molar-refractivity contribution in [2.45, 2.75) is 38.3 Å². The molecule has 0 N–H and O–H groups in total. The first-order chi connectivity index (χ1) is 5.11. The Morgan fingerprint density at radius 1 is 1.55 bits per heavy atom. The zero-order valence-electron chi connectivity index (χ0n) is 7.50. The average molecular weight is 173 g/mol. The maximum Gasteiger partial charge on any atom is 0.102 e. The van der Waals surface area contributed by atoms with Gasteiger partial charge in [0.1, 0.15) is 8.30 Å². The summed E-state index contributed by atoms with van der Waals surface area (Å²) in [5, 5.41) is 0. The molecule has 0 aromatic rings. The molecule has 3 heteroatoms. The van der Waals surface area contributed by atoms with Gasteiger partial charge in [0.15, 0.2) is 0 Å². The lowest BCUT2D eigenvalue weighted by atomic mass is 9.98. The Bertz CT molecular complexity index is 171. The van der Waals surface area contributed by atoms with Crippen LogP contribution in [0.25, 0.3) is 0 Å². The third kappa shape index (κ3) is 1.12. The molecular weight excluding hydrogens is 157 g/mol. The van der Waals surface area contributed by atoms with Gasteiger partial charge >= 0.3 is 0 Å². The fraction of sp³-hybridized carbons (Fsp3) is 1.00. The highest BCUT2D eigenvalue weighted by Gasteiger charge is 2.48. The van der Waals surface area contributed by atoms with Crippen LogP contribution in [0.15, 0.2) is 0 Å². The minimum absolute atomic E-state index is 0.122. The normalized spacial score (nSPS) is 42.8. The van der Waals surface area contributed by atoms with E-state index in [0.717, 1.165) is 0 Å². The minimum Gasteiger partial charge on any atom is -0.336 e. The molecule has 0 saturated carbocycles. The molecule has 2 atom stereocenters. The predicted octanol–water partition coefficient (Wildman–Crippen LogP) is 2.20. The third-order valence-electron chi connectivity index (χ3n) is 2.76. The largest absolute Gasteiger partial charge is 0.336 e. The van der Waals surface area contributed by atoms with Crippen molar-refractivity contribution in [3.63, 3.8) is 0 Å². The van der Waals surface area contributed by atoms with Crippen molar-refractivity contribution in [3.8, 4) is 0 Å². The highest BCUT2D eigenvalue weighted by atomic mass is 31.2. The molecule has 2 rings (SSSR count). The Kier molecular flexibility index (Phi) is 1.75. The monoisotopic (exact) mass is 173 g/mol. The summed E-state index contributed by atoms with van der Waals surface area (Å²) in [5.74, 6) is 0. The quantitative estimate of drug-likeness (QED) is 0.521. The van der Waals surface area contributed by atoms with E-state index >= 15 is 0 Å². The predicted molar refractivity (Wildman–Crippen MR) is 47.7 cm³/mol. The second-order valence-corrected chi connectivity index (χ2v) is 5.60. The van der Waals surface area contributed by atoms with E-state index in [4.69, 9.17) is 4.52 Å². The van der Waals surface area contributed by atoms with Crippen LogP contribution in [0, 0.1) is 0 Å². The molecule has 0 unspecified atom stereocenters. The standard InChI is InChI=1S/C8H16NOP/c1-8(2)7-5-4-6-9(7)11(3)10-8/h7H,4-6H2,1-3H3/t7-,11-/m0/s1. The molecule has 0 aliphatic carbocycles. The molecule has 0 aromatic carbocycles. The Hall–Kier alpha value is 0.350. The van der Waals surface area contributed by atoms with Gasteiger partial charge < -0.3 is 4.52 Å². The first-order valence-corrected chi connectivity index (χ1v) is 5.96. The molecule has 2 fully saturated rings. The second kappa shape index (κ2) is 2.42. The van der Waals surface area contributed by atoms with Crippen LogP contribution >= 0.6 is 8.30 Å². The van der Waals surface area contributed by atoms with E-state index in [1.165, 1.54) is 19.4 Å². The van der Waals surface area contributed by atoms with Crippen molar-refractivity contribution < 1.29 is 4.52 Å². The maximum atomic E-state index is 5.91. The summed E-state index contributed by atoms with van der Waals surface area (Å²) in [5.41, 5.74) is 0.122. The van der Waals surface area contributed by atoms with Crippen LogP contribution in [0.4, 0.5) is 0 Å². The average Bonchev–Trinajstić information content (AvgIpc) is 2.37. The van der Waals surface area contributed by atoms with E-state index in [9.17, 15) is 0 Å². The van der Waals surface area contributed by atoms with Crippen LogP contribution in [-0.4, -0.2) is 29.5 Å². The first-order valence-electron chi connectivity index (χ1n) is 4.31. The lowest BCUT2D eigenvalue weighted by molar-refractivity contribution is 0.112. The van der Waals surface area contributed by atoms with Gasteiger partial charge in [-0.15, -0.1) is 0 Å². The summed E-state index contributed by atoms with van der Waals surface area (Å²) in [6.45, 7) is 7.93. The molecule has 2 nitrogen and oxygen atoms in total. The van der Waals surface area contributed by atoms with Gasteiger partial charge in [0.05, 0.1) is 5.60 Å². The van der Waals surface area contributed by atoms with Crippen LogP contribution in [0.2, 0.25) is 0 Å². The number of rotatable bonds is 0. The molecule has 64 valence electrons. The van der Waals surface area contributed by atoms with Gasteiger partial charge in [-0.1, -0.05) is 0 Å². The topological polar surface area (TPSA) is 12.5 Å². The maximum absolute atomic E-state index is 5.91. The molecule has 0 amide bonds. The van der Waals surface area contributed by atoms with Gasteiger partial charge in [-0.3, -0.25) is 4.67 Å². The summed E-state index contributed by atoms with van der Waals surface area (Å²) < 4.78 is 8.46. The van der Waals surface area contributed by atoms with E-state index in [1.54, 1.807) is 0 Å². The SMILES string of the molecule is C[P@]1OC(C)(C)[C@@H]2CCCN21. The van der Waals surface area contributed by atoms with Crippen molar-refractivity contribution in [2.24, 2.45) is 0 Å². The molecule has 0 radical (unpaired) electrons. The van der Waals surface area contributed by atoms with E-state index in [0.29, 0.717) is 6.04 Å². The van der Waals surface area contributed by atoms with Crippen LogP contribution in [-0.2, 0) is 4.52 Å². The minimum atomic E-state index is -0.260. The number of hydrogen-bond donors (Lipinski definition) is 0. The number of nitrogens with zero attached hydrogens (tertiary/aromatic N) is 1. The van der Waals surface area contributed by atoms with Crippen LogP contribution in [0.3, 0.4) is 0 Å². The van der Waals surface area contributed by atoms with Crippen molar-refractivity contribution in [1.82, 2.24) is 4.67 Å². The highest BCUT2D eigenvalue weighted by Crippen LogP contribution is 2.56. The molecule has 2 aliphatic heterocycles. The fourth-order valence-corrected chi connectivity index (χ4v) is 4.37. The number of hydrogen-bond acceptors (Lipinski definition) is 2. The van der Waals surface area contributed by atoms with Gasteiger partial charge in [0.25, 0.3) is 0 Å². The Balaban J connectivity index is 2.20. The fourth-order valence-electron chi connectivity index (χ4n) is 2.25. The van der Waals surface area contributed by atoms with Crippen molar-refractivity contribution >= 4 is 8.30 Å². The smallest absolute Gasteiger partial charge is 0.102 e. The third-order valence-corrected chi connectivity index (χ3v) is 4.69. The van der Waals surface area contributed by atoms with Gasteiger partial charge in [0, 0.05) is 12.6 Å². The Labute approximate surface area is 69.8 Å². The molecular formula is C8H16NOP. The van der Waals surface area contributed by atoms with E-state index in [1.807, 2.05) is 0 Å². The summed E-state index contributed by atoms with van der Waals surface area (Å²) in [7, 11) is -0.260. The van der Waals surface area contributed by atoms with Crippen LogP contribution < -0.4 is 0 Å². The molecule has 2 heterocycles. The molecule has 0 aromatic heterocycles. The summed E-state index contributed by atoms with van der Waals surface area (Å²) in [6.07, 6.45) is 2.70. The van der Waals surface area contributed by atoms with E-state index in [-0.39, 0.29) is 13.9 Å². The van der Waals surface area contributed by atoms with Gasteiger partial charge in [-0.2, -0.15) is 0 Å². The van der Waals surface area contributed by atoms with Crippen molar-refractivity contribution in [3.05, 3.63) is 0 Å². The Morgan fingerprint density at radius 3 is 2.91 bits per heavy atom. The lowest BCUT2D eigenvalue weighted by Crippen LogP contribution is -2.35. The molecule has 2 aliphatic rings. The number of fused-ring (bicyclic) bond motifs is 1. The van der Waals surface area contributed by atoms with Gasteiger partial charge in [-0.05, 0) is 33.4 Å². The molecule has 2 saturated heterocycles. The lowest BCUT2D eigenvalue weighted by Gasteiger charge is -2.23. The van der Waals surface area contributed by atoms with Crippen LogP contribution in [0.5, 0.6) is 0 Å². The summed E-state index contributed by atoms with van der Waals surface area (Å²) in [4.78, 5) is 0. The second-order valence-electron chi connectivity index (χ2n) is 3.98. The summed E-state index contributed by atoms with van der Waals surface area (Å²) in [6, 6.07) is 0.707.